The summed E-state index contributed by atoms with van der Waals surface area (Å²) in [5, 5.41) is 6.52. The quantitative estimate of drug-likeness (QED) is 0.188. The molecule has 5 aromatic heterocycles. The molecular formula is C44H25N5O2. The molecule has 11 rings (SSSR count). The molecule has 0 amide bonds. The smallest absolute Gasteiger partial charge is 0.227 e. The zero-order valence-corrected chi connectivity index (χ0v) is 27.0. The third-order valence-corrected chi connectivity index (χ3v) is 9.71. The van der Waals surface area contributed by atoms with Crippen molar-refractivity contribution in [2.24, 2.45) is 0 Å². The minimum Gasteiger partial charge on any atom is -0.456 e. The number of nitrogens with zero attached hydrogens (tertiary/aromatic N) is 5. The number of rotatable bonds is 4. The van der Waals surface area contributed by atoms with E-state index in [9.17, 15) is 0 Å². The fraction of sp³-hybridized carbons (Fsp3) is 0. The molecule has 0 radical (unpaired) electrons. The van der Waals surface area contributed by atoms with Gasteiger partial charge in [-0.3, -0.25) is 0 Å². The number of hydrogen-bond donors (Lipinski definition) is 0. The summed E-state index contributed by atoms with van der Waals surface area (Å²) >= 11 is 0. The fourth-order valence-electron chi connectivity index (χ4n) is 7.30. The second-order valence-electron chi connectivity index (χ2n) is 12.7. The van der Waals surface area contributed by atoms with Crippen molar-refractivity contribution >= 4 is 65.8 Å². The zero-order valence-electron chi connectivity index (χ0n) is 27.0. The van der Waals surface area contributed by atoms with Crippen molar-refractivity contribution < 1.29 is 8.83 Å². The Morgan fingerprint density at radius 3 is 1.63 bits per heavy atom. The van der Waals surface area contributed by atoms with Crippen LogP contribution in [0.25, 0.3) is 106 Å². The highest BCUT2D eigenvalue weighted by molar-refractivity contribution is 6.09. The summed E-state index contributed by atoms with van der Waals surface area (Å²) < 4.78 is 14.7. The summed E-state index contributed by atoms with van der Waals surface area (Å²) in [6.45, 7) is 0. The molecule has 0 aliphatic heterocycles. The van der Waals surface area contributed by atoms with E-state index in [0.29, 0.717) is 28.9 Å². The van der Waals surface area contributed by atoms with Gasteiger partial charge in [0.1, 0.15) is 22.4 Å². The molecule has 51 heavy (non-hydrogen) atoms. The number of fused-ring (bicyclic) bond motifs is 9. The zero-order chi connectivity index (χ0) is 33.5. The maximum absolute atomic E-state index is 6.23. The van der Waals surface area contributed by atoms with E-state index in [0.717, 1.165) is 66.1 Å². The van der Waals surface area contributed by atoms with Gasteiger partial charge in [0.05, 0.1) is 11.0 Å². The molecule has 0 saturated heterocycles. The normalized spacial score (nSPS) is 11.9. The van der Waals surface area contributed by atoms with Crippen LogP contribution < -0.4 is 0 Å². The molecule has 6 aromatic carbocycles. The van der Waals surface area contributed by atoms with Crippen molar-refractivity contribution in [1.29, 1.82) is 0 Å². The molecule has 0 N–H and O–H groups in total. The van der Waals surface area contributed by atoms with Gasteiger partial charge in [-0.05, 0) is 72.8 Å². The van der Waals surface area contributed by atoms with Crippen LogP contribution in [0.3, 0.4) is 0 Å². The van der Waals surface area contributed by atoms with Crippen molar-refractivity contribution in [2.45, 2.75) is 0 Å². The highest BCUT2D eigenvalue weighted by atomic mass is 16.3. The van der Waals surface area contributed by atoms with Gasteiger partial charge in [-0.2, -0.15) is 0 Å². The van der Waals surface area contributed by atoms with Crippen molar-refractivity contribution in [2.75, 3.05) is 0 Å². The molecule has 0 spiro atoms. The number of hydrogen-bond acceptors (Lipinski definition) is 6. The van der Waals surface area contributed by atoms with E-state index >= 15 is 0 Å². The largest absolute Gasteiger partial charge is 0.456 e. The maximum atomic E-state index is 6.23. The third kappa shape index (κ3) is 4.31. The van der Waals surface area contributed by atoms with Crippen LogP contribution in [0.2, 0.25) is 0 Å². The summed E-state index contributed by atoms with van der Waals surface area (Å²) in [5.74, 6) is 1.52. The summed E-state index contributed by atoms with van der Waals surface area (Å²) in [6.07, 6.45) is 0. The Bertz CT molecular complexity index is 2970. The van der Waals surface area contributed by atoms with E-state index in [-0.39, 0.29) is 0 Å². The lowest BCUT2D eigenvalue weighted by Crippen LogP contribution is -2.01. The van der Waals surface area contributed by atoms with Gasteiger partial charge in [0.2, 0.25) is 5.71 Å². The predicted molar refractivity (Wildman–Crippen MR) is 203 cm³/mol. The van der Waals surface area contributed by atoms with Crippen LogP contribution in [-0.4, -0.2) is 24.5 Å². The number of para-hydroxylation sites is 4. The Hall–Kier alpha value is -7.12. The number of benzene rings is 6. The first-order chi connectivity index (χ1) is 25.2. The first-order valence-corrected chi connectivity index (χ1v) is 16.8. The van der Waals surface area contributed by atoms with E-state index in [1.165, 1.54) is 10.8 Å². The van der Waals surface area contributed by atoms with Crippen molar-refractivity contribution in [1.82, 2.24) is 24.5 Å². The Morgan fingerprint density at radius 2 is 0.902 bits per heavy atom. The Balaban J connectivity index is 1.08. The first kappa shape index (κ1) is 27.8. The van der Waals surface area contributed by atoms with Gasteiger partial charge in [0.25, 0.3) is 0 Å². The van der Waals surface area contributed by atoms with Crippen LogP contribution in [0.4, 0.5) is 0 Å². The van der Waals surface area contributed by atoms with Gasteiger partial charge in [0, 0.05) is 49.1 Å². The molecule has 5 heterocycles. The summed E-state index contributed by atoms with van der Waals surface area (Å²) in [7, 11) is 0. The van der Waals surface area contributed by atoms with Gasteiger partial charge in [-0.25, -0.2) is 19.9 Å². The van der Waals surface area contributed by atoms with Gasteiger partial charge in [-0.15, -0.1) is 0 Å². The molecule has 0 saturated carbocycles. The van der Waals surface area contributed by atoms with Crippen LogP contribution in [0.5, 0.6) is 0 Å². The van der Waals surface area contributed by atoms with Crippen molar-refractivity contribution in [3.63, 3.8) is 0 Å². The maximum Gasteiger partial charge on any atom is 0.227 e. The second kappa shape index (κ2) is 10.7. The number of furan rings is 2. The highest BCUT2D eigenvalue weighted by Gasteiger charge is 2.18. The van der Waals surface area contributed by atoms with Gasteiger partial charge in [-0.1, -0.05) is 78.9 Å². The average Bonchev–Trinajstić information content (AvgIpc) is 3.87. The minimum absolute atomic E-state index is 0.452. The molecule has 238 valence electrons. The molecule has 7 heteroatoms. The molecule has 0 bridgehead atoms. The van der Waals surface area contributed by atoms with Gasteiger partial charge >= 0.3 is 0 Å². The molecule has 7 nitrogen and oxygen atoms in total. The lowest BCUT2D eigenvalue weighted by molar-refractivity contribution is 0.654. The molecule has 0 aliphatic rings. The summed E-state index contributed by atoms with van der Waals surface area (Å²) in [5.41, 5.74) is 8.58. The van der Waals surface area contributed by atoms with Crippen molar-refractivity contribution in [3.8, 4) is 40.0 Å². The molecule has 0 unspecified atom stereocenters. The van der Waals surface area contributed by atoms with E-state index in [4.69, 9.17) is 28.8 Å². The Labute approximate surface area is 290 Å². The molecule has 0 fully saturated rings. The van der Waals surface area contributed by atoms with Gasteiger partial charge < -0.3 is 13.4 Å². The van der Waals surface area contributed by atoms with Crippen LogP contribution in [0.1, 0.15) is 0 Å². The van der Waals surface area contributed by atoms with E-state index in [2.05, 4.69) is 89.5 Å². The van der Waals surface area contributed by atoms with Crippen LogP contribution in [0.15, 0.2) is 160 Å². The Morgan fingerprint density at radius 1 is 0.373 bits per heavy atom. The standard InChI is InChI=1S/C44H25N5O2/c1-5-13-36-29(9-1)30-10-2-6-14-37(30)49(36)28-20-17-26(18-21-28)41-46-42(27-19-22-33-31-11-3-7-15-38(31)50-40(33)25-27)48-43(47-41)35-24-23-34-32-12-4-8-16-39(32)51-44(34)45-35/h1-25H. The lowest BCUT2D eigenvalue weighted by Gasteiger charge is -2.10. The van der Waals surface area contributed by atoms with E-state index < -0.39 is 0 Å². The summed E-state index contributed by atoms with van der Waals surface area (Å²) in [4.78, 5) is 19.9. The fourth-order valence-corrected chi connectivity index (χ4v) is 7.30. The molecule has 0 atom stereocenters. The van der Waals surface area contributed by atoms with E-state index in [1.54, 1.807) is 0 Å². The minimum atomic E-state index is 0.452. The monoisotopic (exact) mass is 655 g/mol. The molecule has 11 aromatic rings. The predicted octanol–water partition coefficient (Wildman–Crippen LogP) is 11.2. The highest BCUT2D eigenvalue weighted by Crippen LogP contribution is 2.35. The average molecular weight is 656 g/mol. The van der Waals surface area contributed by atoms with E-state index in [1.807, 2.05) is 66.7 Å². The lowest BCUT2D eigenvalue weighted by atomic mass is 10.1. The topological polar surface area (TPSA) is 82.8 Å². The van der Waals surface area contributed by atoms with Crippen LogP contribution in [-0.2, 0) is 0 Å². The second-order valence-corrected chi connectivity index (χ2v) is 12.7. The van der Waals surface area contributed by atoms with Crippen LogP contribution >= 0.6 is 0 Å². The SMILES string of the molecule is c1ccc2c(c1)oc1cc(-c3nc(-c4ccc(-n5c6ccccc6c6ccccc65)cc4)nc(-c4ccc5c(n4)oc4ccccc45)n3)ccc12. The Kier molecular flexibility index (Phi) is 5.83. The molecular weight excluding hydrogens is 631 g/mol. The first-order valence-electron chi connectivity index (χ1n) is 16.8. The van der Waals surface area contributed by atoms with Crippen LogP contribution in [0, 0.1) is 0 Å². The third-order valence-electron chi connectivity index (χ3n) is 9.71. The molecule has 0 aliphatic carbocycles. The van der Waals surface area contributed by atoms with Gasteiger partial charge in [0.15, 0.2) is 17.5 Å². The summed E-state index contributed by atoms with van der Waals surface area (Å²) in [6, 6.07) is 51.5. The van der Waals surface area contributed by atoms with Crippen molar-refractivity contribution in [3.05, 3.63) is 152 Å². The number of pyridine rings is 1. The number of aromatic nitrogens is 5.